The van der Waals surface area contributed by atoms with E-state index in [-0.39, 0.29) is 5.60 Å². The van der Waals surface area contributed by atoms with Gasteiger partial charge < -0.3 is 18.9 Å². The van der Waals surface area contributed by atoms with Crippen molar-refractivity contribution < 1.29 is 18.9 Å². The molecule has 0 unspecified atom stereocenters. The van der Waals surface area contributed by atoms with Crippen molar-refractivity contribution in [3.8, 4) is 0 Å². The maximum absolute atomic E-state index is 5.64. The number of unbranched alkanes of at least 4 members (excludes halogenated alkanes) is 1. The molecule has 0 aliphatic carbocycles. The van der Waals surface area contributed by atoms with Crippen molar-refractivity contribution in [2.45, 2.75) is 85.7 Å². The molecule has 0 fully saturated rings. The summed E-state index contributed by atoms with van der Waals surface area (Å²) in [7, 11) is 0. The van der Waals surface area contributed by atoms with E-state index >= 15 is 0 Å². The zero-order chi connectivity index (χ0) is 19.0. The lowest BCUT2D eigenvalue weighted by molar-refractivity contribution is -0.0150. The van der Waals surface area contributed by atoms with Gasteiger partial charge in [-0.1, -0.05) is 27.2 Å². The van der Waals surface area contributed by atoms with Crippen molar-refractivity contribution in [3.05, 3.63) is 0 Å². The summed E-state index contributed by atoms with van der Waals surface area (Å²) in [6.45, 7) is 18.6. The summed E-state index contributed by atoms with van der Waals surface area (Å²) in [6, 6.07) is 0. The second-order valence-corrected chi connectivity index (χ2v) is 8.88. The first-order chi connectivity index (χ1) is 11.7. The Kier molecular flexibility index (Phi) is 14.9. The van der Waals surface area contributed by atoms with E-state index in [0.717, 1.165) is 71.9 Å². The highest BCUT2D eigenvalue weighted by molar-refractivity contribution is 4.60. The Morgan fingerprint density at radius 2 is 0.880 bits per heavy atom. The van der Waals surface area contributed by atoms with Crippen molar-refractivity contribution in [1.29, 1.82) is 0 Å². The standard InChI is InChI=1S/C21H44O4/c1-20(2,3)12-7-8-13-22-14-9-15-23-16-10-17-24-18-11-19-25-21(4,5)6/h7-19H2,1-6H3. The fourth-order valence-corrected chi connectivity index (χ4v) is 2.23. The first kappa shape index (κ1) is 24.8. The minimum atomic E-state index is -0.0516. The maximum atomic E-state index is 5.64. The highest BCUT2D eigenvalue weighted by Gasteiger charge is 2.09. The van der Waals surface area contributed by atoms with Gasteiger partial charge in [-0.15, -0.1) is 0 Å². The van der Waals surface area contributed by atoms with Crippen molar-refractivity contribution in [2.24, 2.45) is 5.41 Å². The van der Waals surface area contributed by atoms with Gasteiger partial charge in [0.1, 0.15) is 0 Å². The zero-order valence-corrected chi connectivity index (χ0v) is 17.8. The van der Waals surface area contributed by atoms with E-state index in [2.05, 4.69) is 41.5 Å². The third kappa shape index (κ3) is 23.8. The molecule has 0 rings (SSSR count). The van der Waals surface area contributed by atoms with Crippen LogP contribution < -0.4 is 0 Å². The van der Waals surface area contributed by atoms with Crippen LogP contribution >= 0.6 is 0 Å². The molecule has 4 nitrogen and oxygen atoms in total. The van der Waals surface area contributed by atoms with Crippen LogP contribution in [0.25, 0.3) is 0 Å². The lowest BCUT2D eigenvalue weighted by atomic mass is 9.90. The van der Waals surface area contributed by atoms with Gasteiger partial charge in [0, 0.05) is 46.2 Å². The number of rotatable bonds is 16. The minimum Gasteiger partial charge on any atom is -0.381 e. The van der Waals surface area contributed by atoms with Crippen LogP contribution in [0.5, 0.6) is 0 Å². The quantitative estimate of drug-likeness (QED) is 0.353. The molecule has 0 spiro atoms. The third-order valence-electron chi connectivity index (χ3n) is 3.59. The van der Waals surface area contributed by atoms with E-state index in [1.54, 1.807) is 0 Å². The molecule has 0 amide bonds. The normalized spacial score (nSPS) is 12.7. The molecule has 0 bridgehead atoms. The van der Waals surface area contributed by atoms with Crippen molar-refractivity contribution in [3.63, 3.8) is 0 Å². The van der Waals surface area contributed by atoms with Crippen LogP contribution in [0.2, 0.25) is 0 Å². The van der Waals surface area contributed by atoms with Crippen LogP contribution in [-0.2, 0) is 18.9 Å². The predicted octanol–water partition coefficient (Wildman–Crippen LogP) is 5.24. The molecule has 0 N–H and O–H groups in total. The Bertz CT molecular complexity index is 251. The van der Waals surface area contributed by atoms with Gasteiger partial charge in [-0.05, 0) is 58.3 Å². The molecule has 0 atom stereocenters. The first-order valence-corrected chi connectivity index (χ1v) is 10.1. The summed E-state index contributed by atoms with van der Waals surface area (Å²) in [5.74, 6) is 0. The Balaban J connectivity index is 3.08. The smallest absolute Gasteiger partial charge is 0.0598 e. The zero-order valence-electron chi connectivity index (χ0n) is 17.8. The van der Waals surface area contributed by atoms with E-state index in [4.69, 9.17) is 18.9 Å². The number of hydrogen-bond donors (Lipinski definition) is 0. The van der Waals surface area contributed by atoms with Crippen molar-refractivity contribution in [2.75, 3.05) is 46.2 Å². The molecule has 0 saturated carbocycles. The average Bonchev–Trinajstić information content (AvgIpc) is 2.48. The molecule has 0 radical (unpaired) electrons. The predicted molar refractivity (Wildman–Crippen MR) is 105 cm³/mol. The van der Waals surface area contributed by atoms with E-state index in [1.807, 2.05) is 0 Å². The molecular formula is C21H44O4. The second kappa shape index (κ2) is 15.0. The summed E-state index contributed by atoms with van der Waals surface area (Å²) in [5, 5.41) is 0. The summed E-state index contributed by atoms with van der Waals surface area (Å²) in [4.78, 5) is 0. The number of ether oxygens (including phenoxy) is 4. The molecule has 0 aromatic carbocycles. The SMILES string of the molecule is CC(C)(C)CCCCOCCCOCCCOCCCOC(C)(C)C. The molecule has 4 heteroatoms. The average molecular weight is 361 g/mol. The monoisotopic (exact) mass is 360 g/mol. The fraction of sp³-hybridized carbons (Fsp3) is 1.00. The van der Waals surface area contributed by atoms with E-state index in [1.165, 1.54) is 12.8 Å². The van der Waals surface area contributed by atoms with Crippen LogP contribution in [-0.4, -0.2) is 51.8 Å². The van der Waals surface area contributed by atoms with Gasteiger partial charge in [0.15, 0.2) is 0 Å². The van der Waals surface area contributed by atoms with Crippen molar-refractivity contribution in [1.82, 2.24) is 0 Å². The summed E-state index contributed by atoms with van der Waals surface area (Å²) < 4.78 is 22.4. The molecule has 0 aliphatic rings. The van der Waals surface area contributed by atoms with Crippen LogP contribution in [0, 0.1) is 5.41 Å². The Labute approximate surface area is 156 Å². The van der Waals surface area contributed by atoms with Gasteiger partial charge in [-0.2, -0.15) is 0 Å². The lowest BCUT2D eigenvalue weighted by Crippen LogP contribution is -2.20. The molecule has 152 valence electrons. The molecule has 0 aromatic rings. The molecule has 0 saturated heterocycles. The third-order valence-corrected chi connectivity index (χ3v) is 3.59. The highest BCUT2D eigenvalue weighted by Crippen LogP contribution is 2.21. The Morgan fingerprint density at radius 3 is 1.28 bits per heavy atom. The molecule has 0 aromatic heterocycles. The minimum absolute atomic E-state index is 0.0516. The van der Waals surface area contributed by atoms with Crippen LogP contribution in [0.3, 0.4) is 0 Å². The van der Waals surface area contributed by atoms with Gasteiger partial charge >= 0.3 is 0 Å². The van der Waals surface area contributed by atoms with E-state index < -0.39 is 0 Å². The van der Waals surface area contributed by atoms with E-state index in [9.17, 15) is 0 Å². The molecule has 0 aliphatic heterocycles. The van der Waals surface area contributed by atoms with Crippen LogP contribution in [0.15, 0.2) is 0 Å². The van der Waals surface area contributed by atoms with Crippen LogP contribution in [0.1, 0.15) is 80.1 Å². The van der Waals surface area contributed by atoms with Crippen LogP contribution in [0.4, 0.5) is 0 Å². The maximum Gasteiger partial charge on any atom is 0.0598 e. The molecule has 25 heavy (non-hydrogen) atoms. The highest BCUT2D eigenvalue weighted by atomic mass is 16.5. The van der Waals surface area contributed by atoms with Gasteiger partial charge in [-0.3, -0.25) is 0 Å². The van der Waals surface area contributed by atoms with Gasteiger partial charge in [0.25, 0.3) is 0 Å². The molecule has 0 heterocycles. The van der Waals surface area contributed by atoms with Gasteiger partial charge in [0.2, 0.25) is 0 Å². The fourth-order valence-electron chi connectivity index (χ4n) is 2.23. The molecular weight excluding hydrogens is 316 g/mol. The van der Waals surface area contributed by atoms with Gasteiger partial charge in [0.05, 0.1) is 5.60 Å². The Morgan fingerprint density at radius 1 is 0.480 bits per heavy atom. The topological polar surface area (TPSA) is 36.9 Å². The first-order valence-electron chi connectivity index (χ1n) is 10.1. The second-order valence-electron chi connectivity index (χ2n) is 8.88. The lowest BCUT2D eigenvalue weighted by Gasteiger charge is -2.19. The van der Waals surface area contributed by atoms with Gasteiger partial charge in [-0.25, -0.2) is 0 Å². The summed E-state index contributed by atoms with van der Waals surface area (Å²) in [5.41, 5.74) is 0.391. The Hall–Kier alpha value is -0.160. The van der Waals surface area contributed by atoms with E-state index in [0.29, 0.717) is 5.41 Å². The number of hydrogen-bond acceptors (Lipinski definition) is 4. The summed E-state index contributed by atoms with van der Waals surface area (Å²) >= 11 is 0. The summed E-state index contributed by atoms with van der Waals surface area (Å²) in [6.07, 6.45) is 6.56. The largest absolute Gasteiger partial charge is 0.381 e. The van der Waals surface area contributed by atoms with Crippen molar-refractivity contribution >= 4 is 0 Å².